The molecular weight excluding hydrogens is 1560 g/mol. The lowest BCUT2D eigenvalue weighted by Gasteiger charge is -2.34. The van der Waals surface area contributed by atoms with Crippen molar-refractivity contribution < 1.29 is 33.4 Å². The number of aryl methyl sites for hydroxylation is 1. The molecule has 8 N–H and O–H groups in total. The molecule has 36 nitrogen and oxygen atoms in total. The highest BCUT2D eigenvalue weighted by atomic mass is 32.1. The van der Waals surface area contributed by atoms with Crippen LogP contribution in [0.3, 0.4) is 0 Å². The Morgan fingerprint density at radius 2 is 0.914 bits per heavy atom. The van der Waals surface area contributed by atoms with Gasteiger partial charge in [-0.3, -0.25) is 83.1 Å². The van der Waals surface area contributed by atoms with E-state index in [0.29, 0.717) is 103 Å². The van der Waals surface area contributed by atoms with E-state index in [1.165, 1.54) is 45.3 Å². The van der Waals surface area contributed by atoms with Crippen LogP contribution >= 0.6 is 45.3 Å². The summed E-state index contributed by atoms with van der Waals surface area (Å²) in [7, 11) is 5.08. The third-order valence-corrected chi connectivity index (χ3v) is 21.5. The van der Waals surface area contributed by atoms with Crippen LogP contribution in [0.15, 0.2) is 187 Å². The molecule has 0 atom stereocenters. The minimum atomic E-state index is -0.316. The first-order valence-electron chi connectivity index (χ1n) is 36.1. The molecule has 0 spiro atoms. The molecule has 1 aliphatic carbocycles. The Morgan fingerprint density at radius 1 is 0.491 bits per heavy atom. The molecular formula is C76H73N29O7S4. The predicted molar refractivity (Wildman–Crippen MR) is 437 cm³/mol. The van der Waals surface area contributed by atoms with Gasteiger partial charge in [-0.05, 0) is 75.2 Å². The number of amides is 4. The molecule has 2 fully saturated rings. The van der Waals surface area contributed by atoms with Crippen LogP contribution < -0.4 is 26.0 Å². The number of carbonyl (C=O) groups excluding carboxylic acids is 4. The van der Waals surface area contributed by atoms with Crippen molar-refractivity contribution in [1.29, 1.82) is 0 Å². The SMILES string of the molecule is CC(C)n1cc(NC(=O)c2csc(-c3cn[nH]c3)n2)c(-c2ccccn2)n1.COC1CC(n2cc(NC(=O)c3csc(-c4cn[nH]c4)n3)c(-c3ccccn3)n2)C1.COc1ccc(-c2nn(C)cc2NC(=O)c2csc(-c3cn[nH]c3)n2)nc1.O=C(Nc1cn(CCN2CCOCC2)nc1-c1ccccn1)c1csc(-c2cn[nH]c2)n1. The van der Waals surface area contributed by atoms with Gasteiger partial charge in [-0.2, -0.15) is 40.8 Å². The van der Waals surface area contributed by atoms with Crippen LogP contribution in [-0.4, -0.2) is 201 Å². The van der Waals surface area contributed by atoms with Gasteiger partial charge in [0.2, 0.25) is 0 Å². The third kappa shape index (κ3) is 18.8. The van der Waals surface area contributed by atoms with Crippen molar-refractivity contribution in [1.82, 2.24) is 125 Å². The second-order valence-electron chi connectivity index (χ2n) is 26.1. The van der Waals surface area contributed by atoms with Gasteiger partial charge in [-0.25, -0.2) is 19.9 Å². The molecule has 0 aromatic carbocycles. The molecule has 1 saturated carbocycles. The minimum Gasteiger partial charge on any atom is -0.495 e. The Kier molecular flexibility index (Phi) is 24.4. The number of aromatic nitrogens is 24. The predicted octanol–water partition coefficient (Wildman–Crippen LogP) is 12.0. The topological polar surface area (TPSA) is 436 Å². The average molecular weight is 1630 g/mol. The Bertz CT molecular complexity index is 5870. The maximum atomic E-state index is 12.9. The first-order chi connectivity index (χ1) is 56.7. The van der Waals surface area contributed by atoms with E-state index in [-0.39, 0.29) is 41.8 Å². The number of aromatic amines is 4. The summed E-state index contributed by atoms with van der Waals surface area (Å²) >= 11 is 5.56. The van der Waals surface area contributed by atoms with Crippen molar-refractivity contribution in [3.05, 3.63) is 210 Å². The zero-order chi connectivity index (χ0) is 79.9. The molecule has 2 aliphatic rings. The van der Waals surface area contributed by atoms with Gasteiger partial charge in [0, 0.05) is 152 Å². The summed E-state index contributed by atoms with van der Waals surface area (Å²) in [4.78, 5) is 88.6. The van der Waals surface area contributed by atoms with Crippen LogP contribution in [0.5, 0.6) is 5.75 Å². The Morgan fingerprint density at radius 3 is 1.32 bits per heavy atom. The van der Waals surface area contributed by atoms with Crippen molar-refractivity contribution >= 4 is 91.7 Å². The van der Waals surface area contributed by atoms with Gasteiger partial charge in [-0.1, -0.05) is 18.2 Å². The van der Waals surface area contributed by atoms with Crippen LogP contribution in [0.4, 0.5) is 22.7 Å². The Balaban J connectivity index is 0.000000122. The number of carbonyl (C=O) groups is 4. The minimum absolute atomic E-state index is 0.157. The van der Waals surface area contributed by atoms with Gasteiger partial charge in [0.05, 0.1) is 116 Å². The molecule has 40 heteroatoms. The van der Waals surface area contributed by atoms with Crippen LogP contribution in [0.25, 0.3) is 87.8 Å². The number of hydrogen-bond acceptors (Lipinski definition) is 28. The number of nitrogens with one attached hydrogen (secondary N) is 8. The highest BCUT2D eigenvalue weighted by Crippen LogP contribution is 2.38. The molecule has 4 amide bonds. The van der Waals surface area contributed by atoms with Gasteiger partial charge in [0.15, 0.2) is 0 Å². The van der Waals surface area contributed by atoms with Crippen molar-refractivity contribution in [3.63, 3.8) is 0 Å². The van der Waals surface area contributed by atoms with Crippen LogP contribution in [-0.2, 0) is 23.1 Å². The summed E-state index contributed by atoms with van der Waals surface area (Å²) in [6, 6.07) is 20.8. The van der Waals surface area contributed by atoms with Crippen LogP contribution in [0.1, 0.15) is 80.7 Å². The Hall–Kier alpha value is -13.6. The quantitative estimate of drug-likeness (QED) is 0.0295. The number of pyridine rings is 4. The number of anilines is 4. The normalized spacial score (nSPS) is 13.8. The lowest BCUT2D eigenvalue weighted by atomic mass is 9.89. The molecule has 16 aromatic heterocycles. The smallest absolute Gasteiger partial charge is 0.275 e. The highest BCUT2D eigenvalue weighted by Gasteiger charge is 2.33. The summed E-state index contributed by atoms with van der Waals surface area (Å²) in [6.07, 6.45) is 29.7. The summed E-state index contributed by atoms with van der Waals surface area (Å²) in [5, 5.41) is 66.6. The summed E-state index contributed by atoms with van der Waals surface area (Å²) in [5.41, 5.74) is 12.3. The summed E-state index contributed by atoms with van der Waals surface area (Å²) in [5.74, 6) is -0.540. The zero-order valence-electron chi connectivity index (χ0n) is 62.7. The monoisotopic (exact) mass is 1630 g/mol. The fourth-order valence-electron chi connectivity index (χ4n) is 11.8. The highest BCUT2D eigenvalue weighted by molar-refractivity contribution is 7.14. The molecule has 116 heavy (non-hydrogen) atoms. The van der Waals surface area contributed by atoms with Crippen LogP contribution in [0, 0.1) is 0 Å². The number of ether oxygens (including phenoxy) is 3. The van der Waals surface area contributed by atoms with E-state index in [1.807, 2.05) is 96.4 Å². The van der Waals surface area contributed by atoms with Crippen LogP contribution in [0.2, 0.25) is 0 Å². The number of H-pyrrole nitrogens is 4. The second kappa shape index (κ2) is 36.4. The molecule has 17 heterocycles. The van der Waals surface area contributed by atoms with Gasteiger partial charge >= 0.3 is 0 Å². The van der Waals surface area contributed by atoms with E-state index >= 15 is 0 Å². The van der Waals surface area contributed by atoms with Crippen molar-refractivity contribution in [3.8, 4) is 93.6 Å². The van der Waals surface area contributed by atoms with Crippen molar-refractivity contribution in [2.45, 2.75) is 51.4 Å². The first-order valence-corrected chi connectivity index (χ1v) is 39.7. The van der Waals surface area contributed by atoms with E-state index in [4.69, 9.17) is 24.4 Å². The fraction of sp³-hybridized carbons (Fsp3) is 0.211. The van der Waals surface area contributed by atoms with Crippen molar-refractivity contribution in [2.24, 2.45) is 7.05 Å². The molecule has 1 saturated heterocycles. The fourth-order valence-corrected chi connectivity index (χ4v) is 14.9. The van der Waals surface area contributed by atoms with E-state index in [0.717, 1.165) is 88.0 Å². The lowest BCUT2D eigenvalue weighted by molar-refractivity contribution is 0.00256. The number of thiazole rings is 4. The molecule has 16 aromatic rings. The van der Waals surface area contributed by atoms with Gasteiger partial charge in [0.1, 0.15) is 71.3 Å². The average Bonchev–Trinajstić information content (AvgIpc) is 1.65. The number of methoxy groups -OCH3 is 2. The summed E-state index contributed by atoms with van der Waals surface area (Å²) in [6.45, 7) is 8.97. The maximum Gasteiger partial charge on any atom is 0.275 e. The standard InChI is InChI=1S/C21H22N8O2S.C20H19N7O2S.C18H17N7OS.C17H15N7O2S/c30-20(18-14-32-21(26-18)15-11-23-24-12-15)25-17-13-29(6-5-28-7-9-31-10-8-28)27-19(17)16-3-1-2-4-22-16;1-29-14-6-13(7-14)27-10-16(18(26-27)15-4-2-3-5-21-15)24-19(28)17-11-30-20(25-17)12-8-22-23-9-12;1-11(2)25-9-14(16(24-25)13-5-3-4-6-19-13)22-17(26)15-10-27-18(23-15)12-7-20-21-8-12;1-24-8-13(15(23-24)12-4-3-11(26-2)7-18-12)21-16(25)14-9-27-17(22-14)10-5-19-20-6-10/h1-4,11-14H,5-10H2,(H,23,24)(H,25,30);2-5,8-11,13-14H,6-7H2,1H3,(H,22,23)(H,24,28);3-11H,1-2H3,(H,20,21)(H,22,26);3-9H,1-2H3,(H,19,20)(H,21,25). The zero-order valence-corrected chi connectivity index (χ0v) is 65.9. The molecule has 0 radical (unpaired) electrons. The van der Waals surface area contributed by atoms with Gasteiger partial charge in [0.25, 0.3) is 23.6 Å². The summed E-state index contributed by atoms with van der Waals surface area (Å²) < 4.78 is 23.1. The maximum absolute atomic E-state index is 12.9. The molecule has 1 aliphatic heterocycles. The second-order valence-corrected chi connectivity index (χ2v) is 29.6. The van der Waals surface area contributed by atoms with Crippen molar-refractivity contribution in [2.75, 3.05) is 68.3 Å². The van der Waals surface area contributed by atoms with E-state index in [9.17, 15) is 19.2 Å². The third-order valence-electron chi connectivity index (χ3n) is 18.0. The first kappa shape index (κ1) is 77.7. The molecule has 0 unspecified atom stereocenters. The van der Waals surface area contributed by atoms with E-state index < -0.39 is 0 Å². The largest absolute Gasteiger partial charge is 0.495 e. The number of rotatable bonds is 23. The van der Waals surface area contributed by atoms with E-state index in [1.54, 1.807) is 145 Å². The van der Waals surface area contributed by atoms with Gasteiger partial charge < -0.3 is 35.5 Å². The molecule has 0 bridgehead atoms. The number of morpholine rings is 1. The molecule has 18 rings (SSSR count). The van der Waals surface area contributed by atoms with Gasteiger partial charge in [-0.15, -0.1) is 45.3 Å². The lowest BCUT2D eigenvalue weighted by Crippen LogP contribution is -2.38. The molecule has 588 valence electrons. The van der Waals surface area contributed by atoms with E-state index in [2.05, 4.69) is 117 Å². The Labute approximate surface area is 676 Å². The number of nitrogens with zero attached hydrogens (tertiary/aromatic N) is 21. The number of hydrogen-bond donors (Lipinski definition) is 8.